The largest absolute Gasteiger partial charge is 0.437 e. The maximum Gasteiger partial charge on any atom is 0.437 e. The fraction of sp³-hybridized carbons (Fsp3) is 0.429. The fourth-order valence-corrected chi connectivity index (χ4v) is 3.91. The molecule has 0 atom stereocenters. The fourth-order valence-electron chi connectivity index (χ4n) is 3.91. The van der Waals surface area contributed by atoms with E-state index in [1.807, 2.05) is 25.3 Å². The molecule has 148 valence electrons. The van der Waals surface area contributed by atoms with E-state index in [1.54, 1.807) is 30.3 Å². The number of benzene rings is 1. The number of hydrogen-bond acceptors (Lipinski definition) is 4. The zero-order valence-electron chi connectivity index (χ0n) is 15.8. The van der Waals surface area contributed by atoms with Gasteiger partial charge in [0.2, 0.25) is 0 Å². The summed E-state index contributed by atoms with van der Waals surface area (Å²) in [6.07, 6.45) is -1.07. The lowest BCUT2D eigenvalue weighted by atomic mass is 9.88. The number of amides is 1. The Kier molecular flexibility index (Phi) is 4.89. The van der Waals surface area contributed by atoms with E-state index in [1.165, 1.54) is 4.90 Å². The molecule has 2 aromatic rings. The maximum atomic E-state index is 14.4. The first-order valence-corrected chi connectivity index (χ1v) is 9.46. The highest BCUT2D eigenvalue weighted by molar-refractivity contribution is 5.98. The SMILES string of the molecule is Cc1ccc(CN2CCC3(CC2)CN(c2ccccc2)C(=O)C(F)(F)O3)cn1. The zero-order valence-corrected chi connectivity index (χ0v) is 15.8. The van der Waals surface area contributed by atoms with Gasteiger partial charge in [0.15, 0.2) is 0 Å². The number of aryl methyl sites for hydroxylation is 1. The average molecular weight is 387 g/mol. The minimum Gasteiger partial charge on any atom is -0.304 e. The number of aromatic nitrogens is 1. The molecule has 4 rings (SSSR count). The van der Waals surface area contributed by atoms with E-state index in [0.717, 1.165) is 17.8 Å². The molecule has 2 aliphatic heterocycles. The van der Waals surface area contributed by atoms with Crippen molar-refractivity contribution in [3.05, 3.63) is 59.9 Å². The van der Waals surface area contributed by atoms with Crippen LogP contribution in [0, 0.1) is 6.92 Å². The molecule has 3 heterocycles. The van der Waals surface area contributed by atoms with E-state index in [0.29, 0.717) is 31.6 Å². The van der Waals surface area contributed by atoms with Crippen molar-refractivity contribution in [2.24, 2.45) is 0 Å². The highest BCUT2D eigenvalue weighted by Gasteiger charge is 2.57. The molecule has 28 heavy (non-hydrogen) atoms. The Balaban J connectivity index is 1.47. The van der Waals surface area contributed by atoms with Crippen molar-refractivity contribution >= 4 is 11.6 Å². The van der Waals surface area contributed by atoms with Crippen LogP contribution in [0.15, 0.2) is 48.7 Å². The second kappa shape index (κ2) is 7.22. The number of piperidine rings is 1. The normalized spacial score (nSPS) is 21.8. The molecule has 2 fully saturated rings. The molecule has 0 saturated carbocycles. The summed E-state index contributed by atoms with van der Waals surface area (Å²) >= 11 is 0. The van der Waals surface area contributed by atoms with Crippen molar-refractivity contribution < 1.29 is 18.3 Å². The number of para-hydroxylation sites is 1. The van der Waals surface area contributed by atoms with Gasteiger partial charge in [-0.15, -0.1) is 0 Å². The molecule has 1 aromatic carbocycles. The number of likely N-dealkylation sites (tertiary alicyclic amines) is 1. The molecule has 5 nitrogen and oxygen atoms in total. The van der Waals surface area contributed by atoms with Crippen LogP contribution in [0.3, 0.4) is 0 Å². The van der Waals surface area contributed by atoms with E-state index in [-0.39, 0.29) is 6.54 Å². The molecule has 1 amide bonds. The van der Waals surface area contributed by atoms with E-state index in [2.05, 4.69) is 9.88 Å². The number of anilines is 1. The summed E-state index contributed by atoms with van der Waals surface area (Å²) < 4.78 is 33.9. The highest BCUT2D eigenvalue weighted by atomic mass is 19.3. The monoisotopic (exact) mass is 387 g/mol. The Hall–Kier alpha value is -2.38. The Morgan fingerprint density at radius 1 is 1.11 bits per heavy atom. The highest BCUT2D eigenvalue weighted by Crippen LogP contribution is 2.40. The van der Waals surface area contributed by atoms with Crippen molar-refractivity contribution in [2.45, 2.75) is 38.0 Å². The van der Waals surface area contributed by atoms with Gasteiger partial charge in [0.05, 0.1) is 12.1 Å². The minimum atomic E-state index is -3.81. The van der Waals surface area contributed by atoms with Crippen molar-refractivity contribution in [3.63, 3.8) is 0 Å². The number of rotatable bonds is 3. The van der Waals surface area contributed by atoms with Gasteiger partial charge in [0, 0.05) is 37.2 Å². The van der Waals surface area contributed by atoms with Crippen LogP contribution in [0.1, 0.15) is 24.1 Å². The van der Waals surface area contributed by atoms with Crippen LogP contribution >= 0.6 is 0 Å². The molecule has 0 N–H and O–H groups in total. The van der Waals surface area contributed by atoms with Crippen molar-refractivity contribution in [2.75, 3.05) is 24.5 Å². The van der Waals surface area contributed by atoms with Crippen molar-refractivity contribution in [1.29, 1.82) is 0 Å². The molecule has 2 aliphatic rings. The summed E-state index contributed by atoms with van der Waals surface area (Å²) in [5, 5.41) is 0. The summed E-state index contributed by atoms with van der Waals surface area (Å²) in [5.74, 6) is -1.29. The number of morpholine rings is 1. The van der Waals surface area contributed by atoms with Gasteiger partial charge in [-0.1, -0.05) is 24.3 Å². The molecule has 1 spiro atoms. The van der Waals surface area contributed by atoms with Crippen molar-refractivity contribution in [1.82, 2.24) is 9.88 Å². The smallest absolute Gasteiger partial charge is 0.304 e. The minimum absolute atomic E-state index is 0.144. The predicted octanol–water partition coefficient (Wildman–Crippen LogP) is 3.38. The van der Waals surface area contributed by atoms with E-state index in [4.69, 9.17) is 4.74 Å². The number of hydrogen-bond donors (Lipinski definition) is 0. The molecule has 1 aromatic heterocycles. The van der Waals surface area contributed by atoms with E-state index >= 15 is 0 Å². The van der Waals surface area contributed by atoms with Crippen LogP contribution in [-0.2, 0) is 16.1 Å². The van der Waals surface area contributed by atoms with Crippen molar-refractivity contribution in [3.8, 4) is 0 Å². The van der Waals surface area contributed by atoms with Crippen LogP contribution in [0.2, 0.25) is 0 Å². The van der Waals surface area contributed by atoms with Crippen LogP contribution in [0.4, 0.5) is 14.5 Å². The van der Waals surface area contributed by atoms with Crippen LogP contribution in [0.25, 0.3) is 0 Å². The second-order valence-electron chi connectivity index (χ2n) is 7.61. The standard InChI is InChI=1S/C21H23F2N3O2/c1-16-7-8-17(13-24-16)14-25-11-9-20(10-12-25)15-26(18-5-3-2-4-6-18)19(27)21(22,23)28-20/h2-8,13H,9-12,14-15H2,1H3. The number of carbonyl (C=O) groups excluding carboxylic acids is 1. The van der Waals surface area contributed by atoms with Gasteiger partial charge in [0.1, 0.15) is 0 Å². The third-order valence-electron chi connectivity index (χ3n) is 5.50. The lowest BCUT2D eigenvalue weighted by molar-refractivity contribution is -0.293. The predicted molar refractivity (Wildman–Crippen MR) is 101 cm³/mol. The Morgan fingerprint density at radius 2 is 1.82 bits per heavy atom. The summed E-state index contributed by atoms with van der Waals surface area (Å²) in [4.78, 5) is 19.9. The molecule has 0 unspecified atom stereocenters. The Morgan fingerprint density at radius 3 is 2.46 bits per heavy atom. The number of nitrogens with zero attached hydrogens (tertiary/aromatic N) is 3. The number of pyridine rings is 1. The van der Waals surface area contributed by atoms with Crippen LogP contribution < -0.4 is 4.90 Å². The number of ether oxygens (including phenoxy) is 1. The summed E-state index contributed by atoms with van der Waals surface area (Å²) in [5.41, 5.74) is 1.50. The maximum absolute atomic E-state index is 14.4. The summed E-state index contributed by atoms with van der Waals surface area (Å²) in [7, 11) is 0. The Bertz CT molecular complexity index is 834. The first kappa shape index (κ1) is 19.0. The number of alkyl halides is 2. The summed E-state index contributed by atoms with van der Waals surface area (Å²) in [6, 6.07) is 12.6. The van der Waals surface area contributed by atoms with Gasteiger partial charge < -0.3 is 9.64 Å². The number of carbonyl (C=O) groups is 1. The Labute approximate surface area is 162 Å². The first-order chi connectivity index (χ1) is 13.4. The van der Waals surface area contributed by atoms with Gasteiger partial charge in [-0.25, -0.2) is 0 Å². The number of halogens is 2. The molecular weight excluding hydrogens is 364 g/mol. The molecule has 0 radical (unpaired) electrons. The molecule has 2 saturated heterocycles. The molecule has 0 bridgehead atoms. The van der Waals surface area contributed by atoms with Crippen LogP contribution in [0.5, 0.6) is 0 Å². The topological polar surface area (TPSA) is 45.7 Å². The van der Waals surface area contributed by atoms with E-state index < -0.39 is 17.6 Å². The average Bonchev–Trinajstić information content (AvgIpc) is 2.69. The molecule has 7 heteroatoms. The van der Waals surface area contributed by atoms with Gasteiger partial charge >= 0.3 is 12.0 Å². The first-order valence-electron chi connectivity index (χ1n) is 9.46. The van der Waals surface area contributed by atoms with Gasteiger partial charge in [0.25, 0.3) is 0 Å². The quantitative estimate of drug-likeness (QED) is 0.810. The zero-order chi connectivity index (χ0) is 19.8. The van der Waals surface area contributed by atoms with Crippen LogP contribution in [-0.4, -0.2) is 47.1 Å². The van der Waals surface area contributed by atoms with Gasteiger partial charge in [-0.05, 0) is 43.5 Å². The molecule has 0 aliphatic carbocycles. The third kappa shape index (κ3) is 3.77. The summed E-state index contributed by atoms with van der Waals surface area (Å²) in [6.45, 7) is 4.06. The molecular formula is C21H23F2N3O2. The van der Waals surface area contributed by atoms with Gasteiger partial charge in [-0.2, -0.15) is 8.78 Å². The van der Waals surface area contributed by atoms with E-state index in [9.17, 15) is 13.6 Å². The lowest BCUT2D eigenvalue weighted by Crippen LogP contribution is -2.64. The lowest BCUT2D eigenvalue weighted by Gasteiger charge is -2.48. The third-order valence-corrected chi connectivity index (χ3v) is 5.50. The second-order valence-corrected chi connectivity index (χ2v) is 7.61. The van der Waals surface area contributed by atoms with Gasteiger partial charge in [-0.3, -0.25) is 14.7 Å².